The molecule has 0 spiro atoms. The van der Waals surface area contributed by atoms with Crippen LogP contribution in [0, 0.1) is 5.92 Å². The maximum Gasteiger partial charge on any atom is 0.232 e. The molecule has 1 aromatic heterocycles. The molecule has 9 nitrogen and oxygen atoms in total. The number of aromatic nitrogens is 1. The number of nitrogens with two attached hydrogens (primary N) is 1. The van der Waals surface area contributed by atoms with E-state index in [-0.39, 0.29) is 18.4 Å². The van der Waals surface area contributed by atoms with Crippen molar-refractivity contribution in [1.82, 2.24) is 19.7 Å². The molecule has 0 bridgehead atoms. The van der Waals surface area contributed by atoms with E-state index in [4.69, 9.17) is 15.2 Å². The van der Waals surface area contributed by atoms with E-state index in [2.05, 4.69) is 19.7 Å². The highest BCUT2D eigenvalue weighted by atomic mass is 16.5. The second-order valence-electron chi connectivity index (χ2n) is 13.3. The SMILES string of the molecule is COc1ccncc1CN1CCC(N(CCO)CCCCCOCCN2CC[C@@H](C(C(N)=O)(c3ccccc3)c3ccccc3)C2)CC1. The lowest BCUT2D eigenvalue weighted by Crippen LogP contribution is -2.49. The van der Waals surface area contributed by atoms with E-state index in [1.807, 2.05) is 72.9 Å². The van der Waals surface area contributed by atoms with Gasteiger partial charge in [0.1, 0.15) is 11.2 Å². The summed E-state index contributed by atoms with van der Waals surface area (Å²) in [4.78, 5) is 25.0. The summed E-state index contributed by atoms with van der Waals surface area (Å²) in [5.74, 6) is 0.711. The van der Waals surface area contributed by atoms with Crippen molar-refractivity contribution in [2.24, 2.45) is 11.7 Å². The van der Waals surface area contributed by atoms with E-state index >= 15 is 0 Å². The van der Waals surface area contributed by atoms with E-state index in [1.165, 1.54) is 0 Å². The zero-order chi connectivity index (χ0) is 33.6. The number of primary amides is 1. The van der Waals surface area contributed by atoms with Crippen molar-refractivity contribution in [3.63, 3.8) is 0 Å². The largest absolute Gasteiger partial charge is 0.496 e. The van der Waals surface area contributed by atoms with Crippen LogP contribution in [-0.2, 0) is 21.5 Å². The number of aliphatic hydroxyl groups excluding tert-OH is 1. The first kappa shape index (κ1) is 36.0. The van der Waals surface area contributed by atoms with Crippen molar-refractivity contribution in [3.8, 4) is 5.75 Å². The third-order valence-electron chi connectivity index (χ3n) is 10.5. The van der Waals surface area contributed by atoms with Crippen LogP contribution >= 0.6 is 0 Å². The molecule has 1 amide bonds. The molecule has 2 aliphatic rings. The number of rotatable bonds is 19. The van der Waals surface area contributed by atoms with Crippen LogP contribution in [-0.4, -0.2) is 109 Å². The maximum atomic E-state index is 13.3. The van der Waals surface area contributed by atoms with E-state index < -0.39 is 5.41 Å². The van der Waals surface area contributed by atoms with Crippen molar-refractivity contribution in [3.05, 3.63) is 95.8 Å². The van der Waals surface area contributed by atoms with Gasteiger partial charge in [-0.1, -0.05) is 60.7 Å². The number of ether oxygens (including phenoxy) is 2. The molecule has 1 atom stereocenters. The molecular formula is C39H55N5O4. The summed E-state index contributed by atoms with van der Waals surface area (Å²) in [6, 6.07) is 22.5. The first-order valence-corrected chi connectivity index (χ1v) is 17.8. The summed E-state index contributed by atoms with van der Waals surface area (Å²) in [6.07, 6.45) is 10.1. The van der Waals surface area contributed by atoms with Gasteiger partial charge in [0.15, 0.2) is 0 Å². The number of carbonyl (C=O) groups excluding carboxylic acids is 1. The Morgan fingerprint density at radius 2 is 1.60 bits per heavy atom. The quantitative estimate of drug-likeness (QED) is 0.184. The molecule has 260 valence electrons. The van der Waals surface area contributed by atoms with Gasteiger partial charge in [0.05, 0.1) is 20.3 Å². The second kappa shape index (κ2) is 18.4. The Morgan fingerprint density at radius 1 is 0.917 bits per heavy atom. The third kappa shape index (κ3) is 9.01. The van der Waals surface area contributed by atoms with Crippen LogP contribution in [0.1, 0.15) is 55.2 Å². The predicted octanol–water partition coefficient (Wildman–Crippen LogP) is 4.33. The van der Waals surface area contributed by atoms with Gasteiger partial charge in [0.25, 0.3) is 0 Å². The number of benzene rings is 2. The molecular weight excluding hydrogens is 602 g/mol. The molecule has 3 aromatic rings. The molecule has 2 aliphatic heterocycles. The number of piperidine rings is 1. The molecule has 5 rings (SSSR count). The van der Waals surface area contributed by atoms with Gasteiger partial charge in [-0.05, 0) is 87.8 Å². The third-order valence-corrected chi connectivity index (χ3v) is 10.5. The number of aliphatic hydroxyl groups is 1. The Morgan fingerprint density at radius 3 is 2.25 bits per heavy atom. The molecule has 2 aromatic carbocycles. The van der Waals surface area contributed by atoms with E-state index in [0.29, 0.717) is 12.6 Å². The van der Waals surface area contributed by atoms with Crippen molar-refractivity contribution in [2.75, 3.05) is 72.7 Å². The summed E-state index contributed by atoms with van der Waals surface area (Å²) < 4.78 is 11.6. The Labute approximate surface area is 287 Å². The molecule has 48 heavy (non-hydrogen) atoms. The number of hydrogen-bond donors (Lipinski definition) is 2. The standard InChI is InChI=1S/C39H55N5O4/c1-47-37-15-19-41-29-32(37)30-42-22-17-36(18-23-42)44(24-26-45)20-9-4-10-27-48-28-25-43-21-16-35(31-43)39(38(40)46,33-11-5-2-6-12-33)34-13-7-3-8-14-34/h2-3,5-8,11-15,19,29,35-36,45H,4,9-10,16-18,20-28,30-31H2,1H3,(H2,40,46)/t35-/m1/s1. The molecule has 0 unspecified atom stereocenters. The van der Waals surface area contributed by atoms with E-state index in [9.17, 15) is 9.90 Å². The van der Waals surface area contributed by atoms with Gasteiger partial charge < -0.3 is 25.2 Å². The van der Waals surface area contributed by atoms with Gasteiger partial charge in [-0.15, -0.1) is 0 Å². The normalized spacial score (nSPS) is 18.0. The van der Waals surface area contributed by atoms with Crippen molar-refractivity contribution in [1.29, 1.82) is 0 Å². The summed E-state index contributed by atoms with van der Waals surface area (Å²) >= 11 is 0. The summed E-state index contributed by atoms with van der Waals surface area (Å²) in [5.41, 5.74) is 8.47. The maximum absolute atomic E-state index is 13.3. The van der Waals surface area contributed by atoms with Crippen molar-refractivity contribution >= 4 is 5.91 Å². The average molecular weight is 658 g/mol. The van der Waals surface area contributed by atoms with Crippen LogP contribution < -0.4 is 10.5 Å². The molecule has 9 heteroatoms. The number of nitrogens with zero attached hydrogens (tertiary/aromatic N) is 4. The lowest BCUT2D eigenvalue weighted by molar-refractivity contribution is -0.123. The van der Waals surface area contributed by atoms with E-state index in [0.717, 1.165) is 120 Å². The minimum Gasteiger partial charge on any atom is -0.496 e. The zero-order valence-corrected chi connectivity index (χ0v) is 28.7. The fraction of sp³-hybridized carbons (Fsp3) is 0.538. The first-order chi connectivity index (χ1) is 23.6. The summed E-state index contributed by atoms with van der Waals surface area (Å²) in [5, 5.41) is 9.75. The molecule has 2 fully saturated rings. The molecule has 0 radical (unpaired) electrons. The van der Waals surface area contributed by atoms with Crippen LogP contribution in [0.3, 0.4) is 0 Å². The Kier molecular flexibility index (Phi) is 13.8. The van der Waals surface area contributed by atoms with Crippen LogP contribution in [0.25, 0.3) is 0 Å². The van der Waals surface area contributed by atoms with Crippen LogP contribution in [0.4, 0.5) is 0 Å². The smallest absolute Gasteiger partial charge is 0.232 e. The van der Waals surface area contributed by atoms with Gasteiger partial charge in [-0.2, -0.15) is 0 Å². The number of hydrogen-bond acceptors (Lipinski definition) is 8. The Balaban J connectivity index is 1.00. The fourth-order valence-electron chi connectivity index (χ4n) is 7.93. The van der Waals surface area contributed by atoms with Crippen molar-refractivity contribution < 1.29 is 19.4 Å². The van der Waals surface area contributed by atoms with Gasteiger partial charge in [-0.3, -0.25) is 19.6 Å². The average Bonchev–Trinajstić information content (AvgIpc) is 3.59. The fourth-order valence-corrected chi connectivity index (χ4v) is 7.93. The lowest BCUT2D eigenvalue weighted by Gasteiger charge is -2.38. The molecule has 2 saturated heterocycles. The van der Waals surface area contributed by atoms with Crippen molar-refractivity contribution in [2.45, 2.75) is 56.5 Å². The Bertz CT molecular complexity index is 1330. The number of likely N-dealkylation sites (tertiary alicyclic amines) is 2. The highest BCUT2D eigenvalue weighted by molar-refractivity contribution is 5.91. The summed E-state index contributed by atoms with van der Waals surface area (Å²) in [6.45, 7) is 8.93. The molecule has 3 heterocycles. The highest BCUT2D eigenvalue weighted by Gasteiger charge is 2.49. The van der Waals surface area contributed by atoms with Gasteiger partial charge in [0, 0.05) is 56.8 Å². The van der Waals surface area contributed by atoms with Gasteiger partial charge in [0.2, 0.25) is 5.91 Å². The van der Waals surface area contributed by atoms with E-state index in [1.54, 1.807) is 13.3 Å². The topological polar surface area (TPSA) is 104 Å². The predicted molar refractivity (Wildman–Crippen MR) is 190 cm³/mol. The second-order valence-corrected chi connectivity index (χ2v) is 13.3. The monoisotopic (exact) mass is 657 g/mol. The number of methoxy groups -OCH3 is 1. The summed E-state index contributed by atoms with van der Waals surface area (Å²) in [7, 11) is 1.71. The minimum atomic E-state index is -0.854. The highest BCUT2D eigenvalue weighted by Crippen LogP contribution is 2.43. The number of unbranched alkanes of at least 4 members (excludes halogenated alkanes) is 2. The van der Waals surface area contributed by atoms with Crippen LogP contribution in [0.2, 0.25) is 0 Å². The van der Waals surface area contributed by atoms with Gasteiger partial charge >= 0.3 is 0 Å². The lowest BCUT2D eigenvalue weighted by atomic mass is 9.64. The molecule has 3 N–H and O–H groups in total. The van der Waals surface area contributed by atoms with Crippen LogP contribution in [0.15, 0.2) is 79.1 Å². The minimum absolute atomic E-state index is 0.0959. The number of pyridine rings is 1. The zero-order valence-electron chi connectivity index (χ0n) is 28.7. The first-order valence-electron chi connectivity index (χ1n) is 17.8. The number of carbonyl (C=O) groups is 1. The van der Waals surface area contributed by atoms with Gasteiger partial charge in [-0.25, -0.2) is 0 Å². The molecule has 0 aliphatic carbocycles. The van der Waals surface area contributed by atoms with Crippen LogP contribution in [0.5, 0.6) is 5.75 Å². The number of amides is 1. The molecule has 0 saturated carbocycles. The Hall–Kier alpha value is -3.34.